The number of fused-ring (bicyclic) bond motifs is 1. The highest BCUT2D eigenvalue weighted by atomic mass is 32.2. The number of nitrogens with zero attached hydrogens (tertiary/aromatic N) is 2. The number of pyridine rings is 1. The van der Waals surface area contributed by atoms with E-state index in [9.17, 15) is 19.7 Å². The molecule has 1 aliphatic rings. The zero-order chi connectivity index (χ0) is 21.3. The van der Waals surface area contributed by atoms with Gasteiger partial charge < -0.3 is 11.1 Å². The molecule has 0 radical (unpaired) electrons. The van der Waals surface area contributed by atoms with E-state index in [2.05, 4.69) is 10.3 Å². The lowest BCUT2D eigenvalue weighted by molar-refractivity contribution is -0.385. The fraction of sp³-hybridized carbons (Fsp3) is 0.190. The van der Waals surface area contributed by atoms with Crippen molar-refractivity contribution in [2.45, 2.75) is 29.7 Å². The highest BCUT2D eigenvalue weighted by Gasteiger charge is 2.25. The third-order valence-corrected chi connectivity index (χ3v) is 5.75. The van der Waals surface area contributed by atoms with Gasteiger partial charge in [0.05, 0.1) is 21.0 Å². The fourth-order valence-corrected chi connectivity index (χ4v) is 3.98. The Hall–Kier alpha value is -3.46. The van der Waals surface area contributed by atoms with E-state index in [0.29, 0.717) is 21.7 Å². The van der Waals surface area contributed by atoms with Crippen molar-refractivity contribution in [3.8, 4) is 0 Å². The minimum Gasteiger partial charge on any atom is -0.366 e. The molecule has 30 heavy (non-hydrogen) atoms. The lowest BCUT2D eigenvalue weighted by atomic mass is 10.1. The molecule has 9 heteroatoms. The monoisotopic (exact) mass is 422 g/mol. The van der Waals surface area contributed by atoms with Crippen molar-refractivity contribution in [3.63, 3.8) is 0 Å². The summed E-state index contributed by atoms with van der Waals surface area (Å²) in [5.74, 6) is -0.612. The van der Waals surface area contributed by atoms with E-state index < -0.39 is 10.8 Å². The van der Waals surface area contributed by atoms with E-state index in [0.717, 1.165) is 18.2 Å². The summed E-state index contributed by atoms with van der Waals surface area (Å²) in [6.45, 7) is 0. The maximum atomic E-state index is 12.7. The molecule has 2 aromatic carbocycles. The molecule has 1 fully saturated rings. The van der Waals surface area contributed by atoms with E-state index in [1.165, 1.54) is 30.0 Å². The SMILES string of the molecule is NC(=O)c1ccc(CSc2cc(C(=O)NC3CC3)c3ccccc3n2)c([N+](=O)[O-])c1. The number of amides is 2. The van der Waals surface area contributed by atoms with Gasteiger partial charge in [-0.2, -0.15) is 0 Å². The van der Waals surface area contributed by atoms with Crippen LogP contribution < -0.4 is 11.1 Å². The van der Waals surface area contributed by atoms with Crippen LogP contribution in [-0.4, -0.2) is 27.8 Å². The Morgan fingerprint density at radius 3 is 2.67 bits per heavy atom. The number of benzene rings is 2. The molecular formula is C21H18N4O4S. The van der Waals surface area contributed by atoms with E-state index in [-0.39, 0.29) is 29.0 Å². The first-order valence-electron chi connectivity index (χ1n) is 9.33. The van der Waals surface area contributed by atoms with Crippen LogP contribution in [0.4, 0.5) is 5.69 Å². The molecule has 8 nitrogen and oxygen atoms in total. The van der Waals surface area contributed by atoms with Crippen molar-refractivity contribution in [3.05, 3.63) is 75.3 Å². The summed E-state index contributed by atoms with van der Waals surface area (Å²) < 4.78 is 0. The summed E-state index contributed by atoms with van der Waals surface area (Å²) in [5, 5.41) is 15.8. The zero-order valence-electron chi connectivity index (χ0n) is 15.8. The highest BCUT2D eigenvalue weighted by molar-refractivity contribution is 7.98. The standard InChI is InChI=1S/C21H18N4O4S/c22-20(26)12-5-6-13(18(9-12)25(28)29)11-30-19-10-16(21(27)23-14-7-8-14)15-3-1-2-4-17(15)24-19/h1-6,9-10,14H,7-8,11H2,(H2,22,26)(H,23,27). The Labute approximate surface area is 176 Å². The van der Waals surface area contributed by atoms with Crippen molar-refractivity contribution in [1.29, 1.82) is 0 Å². The molecule has 0 spiro atoms. The van der Waals surface area contributed by atoms with Crippen LogP contribution in [0, 0.1) is 10.1 Å². The smallest absolute Gasteiger partial charge is 0.274 e. The van der Waals surface area contributed by atoms with Gasteiger partial charge in [0.15, 0.2) is 0 Å². The third-order valence-electron chi connectivity index (χ3n) is 4.79. The number of primary amides is 1. The number of hydrogen-bond acceptors (Lipinski definition) is 6. The second kappa shape index (κ2) is 8.11. The Balaban J connectivity index is 1.63. The molecule has 0 saturated heterocycles. The molecule has 152 valence electrons. The maximum absolute atomic E-state index is 12.7. The largest absolute Gasteiger partial charge is 0.366 e. The second-order valence-electron chi connectivity index (χ2n) is 7.03. The Kier molecular flexibility index (Phi) is 5.37. The van der Waals surface area contributed by atoms with Crippen LogP contribution in [0.25, 0.3) is 10.9 Å². The van der Waals surface area contributed by atoms with Crippen LogP contribution in [-0.2, 0) is 5.75 Å². The lowest BCUT2D eigenvalue weighted by Crippen LogP contribution is -2.25. The number of nitro groups is 1. The average Bonchev–Trinajstić information content (AvgIpc) is 3.55. The third kappa shape index (κ3) is 4.25. The van der Waals surface area contributed by atoms with Crippen molar-refractivity contribution in [2.24, 2.45) is 5.73 Å². The van der Waals surface area contributed by atoms with Crippen LogP contribution in [0.2, 0.25) is 0 Å². The summed E-state index contributed by atoms with van der Waals surface area (Å²) in [4.78, 5) is 39.5. The highest BCUT2D eigenvalue weighted by Crippen LogP contribution is 2.31. The Morgan fingerprint density at radius 2 is 1.97 bits per heavy atom. The number of para-hydroxylation sites is 1. The number of thioether (sulfide) groups is 1. The predicted octanol–water partition coefficient (Wildman–Crippen LogP) is 3.43. The predicted molar refractivity (Wildman–Crippen MR) is 113 cm³/mol. The number of nitrogens with two attached hydrogens (primary N) is 1. The summed E-state index contributed by atoms with van der Waals surface area (Å²) in [7, 11) is 0. The lowest BCUT2D eigenvalue weighted by Gasteiger charge is -2.10. The number of hydrogen-bond donors (Lipinski definition) is 2. The summed E-state index contributed by atoms with van der Waals surface area (Å²) in [6.07, 6.45) is 1.97. The van der Waals surface area contributed by atoms with Crippen LogP contribution >= 0.6 is 11.8 Å². The second-order valence-corrected chi connectivity index (χ2v) is 8.02. The summed E-state index contributed by atoms with van der Waals surface area (Å²) >= 11 is 1.29. The first-order chi connectivity index (χ1) is 14.4. The van der Waals surface area contributed by atoms with Gasteiger partial charge in [0.2, 0.25) is 5.91 Å². The quantitative estimate of drug-likeness (QED) is 0.341. The van der Waals surface area contributed by atoms with Crippen LogP contribution in [0.15, 0.2) is 53.6 Å². The number of nitrogens with one attached hydrogen (secondary N) is 1. The number of rotatable bonds is 7. The molecule has 0 atom stereocenters. The molecular weight excluding hydrogens is 404 g/mol. The average molecular weight is 422 g/mol. The van der Waals surface area contributed by atoms with Gasteiger partial charge in [0.1, 0.15) is 0 Å². The van der Waals surface area contributed by atoms with Crippen LogP contribution in [0.3, 0.4) is 0 Å². The number of carbonyl (C=O) groups excluding carboxylic acids is 2. The number of carbonyl (C=O) groups is 2. The van der Waals surface area contributed by atoms with Crippen LogP contribution in [0.5, 0.6) is 0 Å². The Bertz CT molecular complexity index is 1180. The molecule has 1 heterocycles. The molecule has 2 amide bonds. The van der Waals surface area contributed by atoms with E-state index >= 15 is 0 Å². The minimum absolute atomic E-state index is 0.0818. The molecule has 1 aliphatic carbocycles. The van der Waals surface area contributed by atoms with Gasteiger partial charge in [0, 0.05) is 34.4 Å². The number of aromatic nitrogens is 1. The molecule has 3 N–H and O–H groups in total. The van der Waals surface area contributed by atoms with Crippen molar-refractivity contribution in [2.75, 3.05) is 0 Å². The number of nitro benzene ring substituents is 1. The fourth-order valence-electron chi connectivity index (χ4n) is 3.06. The summed E-state index contributed by atoms with van der Waals surface area (Å²) in [6, 6.07) is 13.5. The first kappa shape index (κ1) is 19.8. The van der Waals surface area contributed by atoms with Gasteiger partial charge in [-0.15, -0.1) is 11.8 Å². The van der Waals surface area contributed by atoms with Gasteiger partial charge in [-0.25, -0.2) is 4.98 Å². The first-order valence-corrected chi connectivity index (χ1v) is 10.3. The molecule has 0 bridgehead atoms. The van der Waals surface area contributed by atoms with E-state index in [1.54, 1.807) is 6.07 Å². The van der Waals surface area contributed by atoms with Crippen LogP contribution in [0.1, 0.15) is 39.1 Å². The molecule has 4 rings (SSSR count). The van der Waals surface area contributed by atoms with Gasteiger partial charge in [-0.1, -0.05) is 24.3 Å². The van der Waals surface area contributed by atoms with Crippen molar-refractivity contribution >= 4 is 40.2 Å². The normalized spacial score (nSPS) is 13.2. The molecule has 0 aliphatic heterocycles. The maximum Gasteiger partial charge on any atom is 0.274 e. The van der Waals surface area contributed by atoms with Crippen molar-refractivity contribution in [1.82, 2.24) is 10.3 Å². The molecule has 3 aromatic rings. The van der Waals surface area contributed by atoms with Gasteiger partial charge >= 0.3 is 0 Å². The minimum atomic E-state index is -0.722. The zero-order valence-corrected chi connectivity index (χ0v) is 16.6. The summed E-state index contributed by atoms with van der Waals surface area (Å²) in [5.41, 5.74) is 6.78. The van der Waals surface area contributed by atoms with E-state index in [1.807, 2.05) is 24.3 Å². The molecule has 1 saturated carbocycles. The molecule has 1 aromatic heterocycles. The topological polar surface area (TPSA) is 128 Å². The Morgan fingerprint density at radius 1 is 1.20 bits per heavy atom. The van der Waals surface area contributed by atoms with Gasteiger partial charge in [0.25, 0.3) is 11.6 Å². The van der Waals surface area contributed by atoms with Gasteiger partial charge in [-0.05, 0) is 31.0 Å². The molecule has 0 unspecified atom stereocenters. The van der Waals surface area contributed by atoms with Crippen molar-refractivity contribution < 1.29 is 14.5 Å². The van der Waals surface area contributed by atoms with E-state index in [4.69, 9.17) is 5.73 Å². The van der Waals surface area contributed by atoms with Gasteiger partial charge in [-0.3, -0.25) is 19.7 Å².